The number of benzene rings is 2. The standard InChI is InChI=1S/C21H22ClNO6/c1-5-29-17-8-6-13(10-19(17)27-3)7-9-20(24)23-16-12-18(26-2)14(11-15(16)22)21(25)28-4/h6-12H,5H2,1-4H3,(H,23,24)/b9-7+. The van der Waals surface area contributed by atoms with Gasteiger partial charge in [-0.25, -0.2) is 4.79 Å². The second-order valence-electron chi connectivity index (χ2n) is 5.69. The van der Waals surface area contributed by atoms with Gasteiger partial charge in [0.05, 0.1) is 38.6 Å². The van der Waals surface area contributed by atoms with Crippen LogP contribution in [0.4, 0.5) is 5.69 Å². The van der Waals surface area contributed by atoms with E-state index in [9.17, 15) is 9.59 Å². The summed E-state index contributed by atoms with van der Waals surface area (Å²) in [6, 6.07) is 8.17. The van der Waals surface area contributed by atoms with Crippen molar-refractivity contribution in [3.63, 3.8) is 0 Å². The molecule has 0 aliphatic heterocycles. The molecule has 0 aromatic heterocycles. The Labute approximate surface area is 174 Å². The molecule has 0 heterocycles. The minimum Gasteiger partial charge on any atom is -0.496 e. The van der Waals surface area contributed by atoms with E-state index in [1.54, 1.807) is 31.4 Å². The minimum atomic E-state index is -0.592. The van der Waals surface area contributed by atoms with Gasteiger partial charge >= 0.3 is 5.97 Å². The largest absolute Gasteiger partial charge is 0.496 e. The number of hydrogen-bond donors (Lipinski definition) is 1. The number of carbonyl (C=O) groups excluding carboxylic acids is 2. The van der Waals surface area contributed by atoms with E-state index in [0.717, 1.165) is 5.56 Å². The number of anilines is 1. The third kappa shape index (κ3) is 5.65. The fourth-order valence-corrected chi connectivity index (χ4v) is 2.71. The Hall–Kier alpha value is -3.19. The molecule has 0 aliphatic rings. The van der Waals surface area contributed by atoms with Gasteiger partial charge in [0.25, 0.3) is 0 Å². The molecule has 2 aromatic carbocycles. The second kappa shape index (κ2) is 10.4. The van der Waals surface area contributed by atoms with Crippen LogP contribution in [0.1, 0.15) is 22.8 Å². The molecule has 0 spiro atoms. The first-order valence-electron chi connectivity index (χ1n) is 8.69. The predicted octanol–water partition coefficient (Wildman–Crippen LogP) is 4.19. The van der Waals surface area contributed by atoms with Gasteiger partial charge in [0.2, 0.25) is 5.91 Å². The van der Waals surface area contributed by atoms with Gasteiger partial charge in [0.15, 0.2) is 11.5 Å². The smallest absolute Gasteiger partial charge is 0.341 e. The fourth-order valence-electron chi connectivity index (χ4n) is 2.50. The number of amides is 1. The molecule has 0 unspecified atom stereocenters. The zero-order valence-corrected chi connectivity index (χ0v) is 17.3. The molecule has 0 saturated heterocycles. The normalized spacial score (nSPS) is 10.5. The van der Waals surface area contributed by atoms with Crippen LogP contribution in [-0.2, 0) is 9.53 Å². The first-order valence-corrected chi connectivity index (χ1v) is 9.07. The van der Waals surface area contributed by atoms with Crippen molar-refractivity contribution in [3.8, 4) is 17.2 Å². The van der Waals surface area contributed by atoms with E-state index in [4.69, 9.17) is 25.8 Å². The lowest BCUT2D eigenvalue weighted by Gasteiger charge is -2.11. The molecule has 29 heavy (non-hydrogen) atoms. The molecule has 2 rings (SSSR count). The first-order chi connectivity index (χ1) is 13.9. The van der Waals surface area contributed by atoms with Gasteiger partial charge in [-0.2, -0.15) is 0 Å². The number of hydrogen-bond acceptors (Lipinski definition) is 6. The molecular weight excluding hydrogens is 398 g/mol. The predicted molar refractivity (Wildman–Crippen MR) is 111 cm³/mol. The molecule has 0 bridgehead atoms. The number of nitrogens with one attached hydrogen (secondary N) is 1. The van der Waals surface area contributed by atoms with Crippen molar-refractivity contribution in [1.82, 2.24) is 0 Å². The zero-order chi connectivity index (χ0) is 21.4. The first kappa shape index (κ1) is 22.1. The van der Waals surface area contributed by atoms with Gasteiger partial charge < -0.3 is 24.3 Å². The minimum absolute atomic E-state index is 0.162. The number of carbonyl (C=O) groups is 2. The Bertz CT molecular complexity index is 926. The zero-order valence-electron chi connectivity index (χ0n) is 16.6. The SMILES string of the molecule is CCOc1ccc(/C=C/C(=O)Nc2cc(OC)c(C(=O)OC)cc2Cl)cc1OC. The van der Waals surface area contributed by atoms with Crippen LogP contribution in [0.2, 0.25) is 5.02 Å². The maximum atomic E-state index is 12.3. The highest BCUT2D eigenvalue weighted by molar-refractivity contribution is 6.34. The van der Waals surface area contributed by atoms with Crippen molar-refractivity contribution >= 4 is 35.2 Å². The number of halogens is 1. The van der Waals surface area contributed by atoms with E-state index in [0.29, 0.717) is 23.8 Å². The van der Waals surface area contributed by atoms with E-state index in [2.05, 4.69) is 10.1 Å². The summed E-state index contributed by atoms with van der Waals surface area (Å²) < 4.78 is 20.6. The summed E-state index contributed by atoms with van der Waals surface area (Å²) in [5.74, 6) is 0.428. The van der Waals surface area contributed by atoms with Crippen LogP contribution in [0.5, 0.6) is 17.2 Å². The van der Waals surface area contributed by atoms with Gasteiger partial charge in [-0.3, -0.25) is 4.79 Å². The van der Waals surface area contributed by atoms with Crippen molar-refractivity contribution in [1.29, 1.82) is 0 Å². The lowest BCUT2D eigenvalue weighted by molar-refractivity contribution is -0.111. The monoisotopic (exact) mass is 419 g/mol. The average Bonchev–Trinajstić information content (AvgIpc) is 2.73. The van der Waals surface area contributed by atoms with Crippen LogP contribution >= 0.6 is 11.6 Å². The molecule has 0 atom stereocenters. The van der Waals surface area contributed by atoms with E-state index in [1.165, 1.54) is 32.4 Å². The summed E-state index contributed by atoms with van der Waals surface area (Å²) in [7, 11) is 4.21. The Kier molecular flexibility index (Phi) is 7.91. The number of esters is 1. The van der Waals surface area contributed by atoms with Crippen LogP contribution in [0.3, 0.4) is 0 Å². The maximum absolute atomic E-state index is 12.3. The number of methoxy groups -OCH3 is 3. The molecule has 0 radical (unpaired) electrons. The van der Waals surface area contributed by atoms with Gasteiger partial charge in [-0.05, 0) is 36.8 Å². The summed E-state index contributed by atoms with van der Waals surface area (Å²) in [6.07, 6.45) is 2.98. The highest BCUT2D eigenvalue weighted by atomic mass is 35.5. The topological polar surface area (TPSA) is 83.1 Å². The second-order valence-corrected chi connectivity index (χ2v) is 6.10. The van der Waals surface area contributed by atoms with Gasteiger partial charge in [-0.1, -0.05) is 17.7 Å². The highest BCUT2D eigenvalue weighted by Crippen LogP contribution is 2.32. The Morgan fingerprint density at radius 3 is 2.38 bits per heavy atom. The van der Waals surface area contributed by atoms with Gasteiger partial charge in [-0.15, -0.1) is 0 Å². The Morgan fingerprint density at radius 1 is 1.03 bits per heavy atom. The van der Waals surface area contributed by atoms with Crippen molar-refractivity contribution in [2.45, 2.75) is 6.92 Å². The Balaban J connectivity index is 2.17. The summed E-state index contributed by atoms with van der Waals surface area (Å²) >= 11 is 6.17. The number of rotatable bonds is 8. The molecule has 0 fully saturated rings. The van der Waals surface area contributed by atoms with Crippen LogP contribution < -0.4 is 19.5 Å². The molecule has 154 valence electrons. The van der Waals surface area contributed by atoms with E-state index < -0.39 is 11.9 Å². The summed E-state index contributed by atoms with van der Waals surface area (Å²) in [5, 5.41) is 2.83. The molecule has 8 heteroatoms. The van der Waals surface area contributed by atoms with Crippen LogP contribution in [0.25, 0.3) is 6.08 Å². The molecule has 7 nitrogen and oxygen atoms in total. The van der Waals surface area contributed by atoms with Crippen molar-refractivity contribution in [2.24, 2.45) is 0 Å². The highest BCUT2D eigenvalue weighted by Gasteiger charge is 2.17. The van der Waals surface area contributed by atoms with Crippen LogP contribution in [0.15, 0.2) is 36.4 Å². The molecule has 1 amide bonds. The lowest BCUT2D eigenvalue weighted by Crippen LogP contribution is -2.10. The molecule has 0 aliphatic carbocycles. The van der Waals surface area contributed by atoms with Crippen molar-refractivity contribution in [3.05, 3.63) is 52.6 Å². The van der Waals surface area contributed by atoms with E-state index in [1.807, 2.05) is 6.92 Å². The molecule has 2 aromatic rings. The Morgan fingerprint density at radius 2 is 1.76 bits per heavy atom. The summed E-state index contributed by atoms with van der Waals surface area (Å²) in [5.41, 5.74) is 1.22. The maximum Gasteiger partial charge on any atom is 0.341 e. The molecule has 1 N–H and O–H groups in total. The van der Waals surface area contributed by atoms with Crippen LogP contribution in [0, 0.1) is 0 Å². The number of ether oxygens (including phenoxy) is 4. The lowest BCUT2D eigenvalue weighted by atomic mass is 10.1. The quantitative estimate of drug-likeness (QED) is 0.510. The summed E-state index contributed by atoms with van der Waals surface area (Å²) in [4.78, 5) is 24.1. The summed E-state index contributed by atoms with van der Waals surface area (Å²) in [6.45, 7) is 2.41. The van der Waals surface area contributed by atoms with E-state index >= 15 is 0 Å². The third-order valence-corrected chi connectivity index (χ3v) is 4.18. The molecular formula is C21H22ClNO6. The van der Waals surface area contributed by atoms with E-state index in [-0.39, 0.29) is 16.3 Å². The fraction of sp³-hybridized carbons (Fsp3) is 0.238. The average molecular weight is 420 g/mol. The van der Waals surface area contributed by atoms with Crippen molar-refractivity contribution < 1.29 is 28.5 Å². The van der Waals surface area contributed by atoms with Gasteiger partial charge in [0, 0.05) is 12.1 Å². The van der Waals surface area contributed by atoms with Crippen molar-refractivity contribution in [2.75, 3.05) is 33.3 Å². The third-order valence-electron chi connectivity index (χ3n) is 3.87. The molecule has 0 saturated carbocycles. The van der Waals surface area contributed by atoms with Crippen LogP contribution in [-0.4, -0.2) is 39.8 Å². The van der Waals surface area contributed by atoms with Gasteiger partial charge in [0.1, 0.15) is 11.3 Å².